The molecule has 7 heteroatoms. The summed E-state index contributed by atoms with van der Waals surface area (Å²) in [6.45, 7) is 5.13. The summed E-state index contributed by atoms with van der Waals surface area (Å²) in [5.41, 5.74) is -1.30. The lowest BCUT2D eigenvalue weighted by Crippen LogP contribution is -2.51. The fourth-order valence-electron chi connectivity index (χ4n) is 1.35. The third-order valence-corrected chi connectivity index (χ3v) is 2.79. The van der Waals surface area contributed by atoms with Crippen molar-refractivity contribution in [3.05, 3.63) is 11.6 Å². The Bertz CT molecular complexity index is 443. The van der Waals surface area contributed by atoms with Crippen LogP contribution in [0.2, 0.25) is 0 Å². The van der Waals surface area contributed by atoms with Crippen LogP contribution in [0, 0.1) is 0 Å². The van der Waals surface area contributed by atoms with E-state index in [4.69, 9.17) is 5.11 Å². The lowest BCUT2D eigenvalue weighted by atomic mass is 9.99. The number of H-pyrrole nitrogens is 1. The lowest BCUT2D eigenvalue weighted by molar-refractivity contribution is -0.143. The predicted molar refractivity (Wildman–Crippen MR) is 64.2 cm³/mol. The number of hydrogen-bond donors (Lipinski definition) is 3. The third kappa shape index (κ3) is 3.06. The molecule has 0 bridgehead atoms. The van der Waals surface area contributed by atoms with Gasteiger partial charge in [-0.1, -0.05) is 13.8 Å². The van der Waals surface area contributed by atoms with Gasteiger partial charge in [-0.3, -0.25) is 9.89 Å². The molecule has 3 N–H and O–H groups in total. The molecule has 18 heavy (non-hydrogen) atoms. The summed E-state index contributed by atoms with van der Waals surface area (Å²) in [5.74, 6) is -1.07. The van der Waals surface area contributed by atoms with Crippen LogP contribution in [0.5, 0.6) is 0 Å². The first kappa shape index (κ1) is 14.1. The monoisotopic (exact) mass is 254 g/mol. The molecule has 100 valence electrons. The van der Waals surface area contributed by atoms with Gasteiger partial charge >= 0.3 is 5.97 Å². The van der Waals surface area contributed by atoms with Crippen molar-refractivity contribution in [2.75, 3.05) is 0 Å². The average molecular weight is 254 g/mol. The maximum atomic E-state index is 11.8. The second-order valence-corrected chi connectivity index (χ2v) is 4.30. The van der Waals surface area contributed by atoms with Crippen LogP contribution in [0.25, 0.3) is 0 Å². The first-order valence-corrected chi connectivity index (χ1v) is 5.90. The standard InChI is InChI=1S/C11H18N4O3/c1-4-6-7-12-8(15-14-7)9(16)13-11(3,5-2)10(17)18/h4-6H2,1-3H3,(H,13,16)(H,17,18)(H,12,14,15). The molecule has 0 saturated heterocycles. The summed E-state index contributed by atoms with van der Waals surface area (Å²) < 4.78 is 0. The summed E-state index contributed by atoms with van der Waals surface area (Å²) >= 11 is 0. The molecular formula is C11H18N4O3. The number of aliphatic carboxylic acids is 1. The minimum atomic E-state index is -1.30. The molecule has 7 nitrogen and oxygen atoms in total. The molecule has 1 rings (SSSR count). The van der Waals surface area contributed by atoms with Gasteiger partial charge in [0.1, 0.15) is 11.4 Å². The SMILES string of the molecule is CCCc1nc(C(=O)NC(C)(CC)C(=O)O)n[nH]1. The van der Waals surface area contributed by atoms with Crippen LogP contribution >= 0.6 is 0 Å². The Balaban J connectivity index is 2.78. The molecule has 1 atom stereocenters. The maximum absolute atomic E-state index is 11.8. The van der Waals surface area contributed by atoms with Crippen molar-refractivity contribution < 1.29 is 14.7 Å². The first-order chi connectivity index (χ1) is 8.42. The summed E-state index contributed by atoms with van der Waals surface area (Å²) in [5, 5.41) is 17.9. The van der Waals surface area contributed by atoms with E-state index >= 15 is 0 Å². The molecule has 1 unspecified atom stereocenters. The van der Waals surface area contributed by atoms with Crippen LogP contribution in [0.4, 0.5) is 0 Å². The van der Waals surface area contributed by atoms with Crippen molar-refractivity contribution in [3.8, 4) is 0 Å². The number of aromatic amines is 1. The minimum Gasteiger partial charge on any atom is -0.480 e. The summed E-state index contributed by atoms with van der Waals surface area (Å²) in [6, 6.07) is 0. The first-order valence-electron chi connectivity index (χ1n) is 5.90. The molecule has 1 amide bonds. The lowest BCUT2D eigenvalue weighted by Gasteiger charge is -2.23. The van der Waals surface area contributed by atoms with Gasteiger partial charge in [0, 0.05) is 6.42 Å². The molecule has 0 radical (unpaired) electrons. The zero-order valence-corrected chi connectivity index (χ0v) is 10.8. The van der Waals surface area contributed by atoms with E-state index in [-0.39, 0.29) is 12.2 Å². The fourth-order valence-corrected chi connectivity index (χ4v) is 1.35. The Kier molecular flexibility index (Phi) is 4.41. The highest BCUT2D eigenvalue weighted by Gasteiger charge is 2.34. The summed E-state index contributed by atoms with van der Waals surface area (Å²) in [7, 11) is 0. The normalized spacial score (nSPS) is 13.9. The van der Waals surface area contributed by atoms with Gasteiger partial charge in [0.15, 0.2) is 0 Å². The van der Waals surface area contributed by atoms with Gasteiger partial charge in [0.2, 0.25) is 5.82 Å². The van der Waals surface area contributed by atoms with Crippen molar-refractivity contribution in [1.82, 2.24) is 20.5 Å². The van der Waals surface area contributed by atoms with Crippen LogP contribution < -0.4 is 5.32 Å². The molecule has 1 aromatic heterocycles. The molecular weight excluding hydrogens is 236 g/mol. The summed E-state index contributed by atoms with van der Waals surface area (Å²) in [4.78, 5) is 26.9. The number of carboxylic acid groups (broad SMARTS) is 1. The Morgan fingerprint density at radius 2 is 2.11 bits per heavy atom. The van der Waals surface area contributed by atoms with E-state index in [0.29, 0.717) is 12.2 Å². The quantitative estimate of drug-likeness (QED) is 0.694. The summed E-state index contributed by atoms with van der Waals surface area (Å²) in [6.07, 6.45) is 1.86. The number of amides is 1. The molecule has 0 aliphatic rings. The number of carbonyl (C=O) groups excluding carboxylic acids is 1. The highest BCUT2D eigenvalue weighted by Crippen LogP contribution is 2.10. The number of carboxylic acids is 1. The van der Waals surface area contributed by atoms with Crippen molar-refractivity contribution in [2.24, 2.45) is 0 Å². The topological polar surface area (TPSA) is 108 Å². The van der Waals surface area contributed by atoms with Crippen molar-refractivity contribution in [3.63, 3.8) is 0 Å². The maximum Gasteiger partial charge on any atom is 0.329 e. The van der Waals surface area contributed by atoms with Gasteiger partial charge in [0.25, 0.3) is 5.91 Å². The Hall–Kier alpha value is -1.92. The average Bonchev–Trinajstić information content (AvgIpc) is 2.77. The largest absolute Gasteiger partial charge is 0.480 e. The van der Waals surface area contributed by atoms with Gasteiger partial charge < -0.3 is 10.4 Å². The van der Waals surface area contributed by atoms with Gasteiger partial charge in [-0.2, -0.15) is 0 Å². The van der Waals surface area contributed by atoms with E-state index in [1.807, 2.05) is 6.92 Å². The number of carbonyl (C=O) groups is 2. The molecule has 0 fully saturated rings. The van der Waals surface area contributed by atoms with E-state index in [2.05, 4.69) is 20.5 Å². The van der Waals surface area contributed by atoms with Crippen LogP contribution in [0.15, 0.2) is 0 Å². The molecule has 0 aliphatic heterocycles. The minimum absolute atomic E-state index is 0.0284. The fraction of sp³-hybridized carbons (Fsp3) is 0.636. The zero-order chi connectivity index (χ0) is 13.8. The van der Waals surface area contributed by atoms with Gasteiger partial charge in [-0.25, -0.2) is 9.78 Å². The van der Waals surface area contributed by atoms with Crippen LogP contribution in [-0.2, 0) is 11.2 Å². The van der Waals surface area contributed by atoms with Crippen molar-refractivity contribution in [1.29, 1.82) is 0 Å². The van der Waals surface area contributed by atoms with Crippen LogP contribution in [-0.4, -0.2) is 37.7 Å². The molecule has 0 spiro atoms. The highest BCUT2D eigenvalue weighted by molar-refractivity contribution is 5.94. The van der Waals surface area contributed by atoms with Crippen molar-refractivity contribution >= 4 is 11.9 Å². The van der Waals surface area contributed by atoms with E-state index in [1.165, 1.54) is 6.92 Å². The number of nitrogens with zero attached hydrogens (tertiary/aromatic N) is 2. The molecule has 1 heterocycles. The number of rotatable bonds is 6. The predicted octanol–water partition coefficient (Wildman–Crippen LogP) is 0.740. The third-order valence-electron chi connectivity index (χ3n) is 2.79. The molecule has 0 aliphatic carbocycles. The number of nitrogens with one attached hydrogen (secondary N) is 2. The smallest absolute Gasteiger partial charge is 0.329 e. The van der Waals surface area contributed by atoms with E-state index in [9.17, 15) is 9.59 Å². The van der Waals surface area contributed by atoms with Gasteiger partial charge in [-0.05, 0) is 19.8 Å². The molecule has 1 aromatic rings. The van der Waals surface area contributed by atoms with Gasteiger partial charge in [0.05, 0.1) is 0 Å². The number of aromatic nitrogens is 3. The second kappa shape index (κ2) is 5.61. The van der Waals surface area contributed by atoms with Gasteiger partial charge in [-0.15, -0.1) is 5.10 Å². The molecule has 0 aromatic carbocycles. The van der Waals surface area contributed by atoms with Crippen LogP contribution in [0.3, 0.4) is 0 Å². The Labute approximate surface area is 105 Å². The van der Waals surface area contributed by atoms with Crippen molar-refractivity contribution in [2.45, 2.75) is 45.6 Å². The number of hydrogen-bond acceptors (Lipinski definition) is 4. The highest BCUT2D eigenvalue weighted by atomic mass is 16.4. The van der Waals surface area contributed by atoms with E-state index in [0.717, 1.165) is 6.42 Å². The van der Waals surface area contributed by atoms with E-state index < -0.39 is 17.4 Å². The zero-order valence-electron chi connectivity index (χ0n) is 10.8. The van der Waals surface area contributed by atoms with E-state index in [1.54, 1.807) is 6.92 Å². The second-order valence-electron chi connectivity index (χ2n) is 4.30. The molecule has 0 saturated carbocycles. The number of aryl methyl sites for hydroxylation is 1. The Morgan fingerprint density at radius 3 is 2.61 bits per heavy atom. The van der Waals surface area contributed by atoms with Crippen LogP contribution in [0.1, 0.15) is 50.1 Å². The Morgan fingerprint density at radius 1 is 1.44 bits per heavy atom.